The summed E-state index contributed by atoms with van der Waals surface area (Å²) in [6, 6.07) is 5.33. The van der Waals surface area contributed by atoms with Crippen LogP contribution in [0.3, 0.4) is 0 Å². The van der Waals surface area contributed by atoms with Gasteiger partial charge in [-0.15, -0.1) is 6.42 Å². The number of carbonyl (C=O) groups is 1. The second kappa shape index (κ2) is 9.45. The fourth-order valence-electron chi connectivity index (χ4n) is 1.83. The summed E-state index contributed by atoms with van der Waals surface area (Å²) in [5.74, 6) is 2.68. The molecule has 1 unspecified atom stereocenters. The second-order valence-electron chi connectivity index (χ2n) is 4.53. The Kier molecular flexibility index (Phi) is 7.95. The minimum atomic E-state index is -3.90. The summed E-state index contributed by atoms with van der Waals surface area (Å²) >= 11 is 1.52. The number of benzene rings is 1. The monoisotopic (exact) mass is 356 g/mol. The summed E-state index contributed by atoms with van der Waals surface area (Å²) in [6.45, 7) is 0.0466. The van der Waals surface area contributed by atoms with E-state index in [0.29, 0.717) is 12.2 Å². The Labute approximate surface area is 141 Å². The van der Waals surface area contributed by atoms with Gasteiger partial charge in [-0.3, -0.25) is 4.79 Å². The summed E-state index contributed by atoms with van der Waals surface area (Å²) < 4.78 is 32.6. The zero-order chi connectivity index (χ0) is 17.3. The molecule has 23 heavy (non-hydrogen) atoms. The molecular formula is C15H20N2O4S2. The number of amides is 1. The van der Waals surface area contributed by atoms with Gasteiger partial charge in [0.25, 0.3) is 0 Å². The van der Waals surface area contributed by atoms with Crippen molar-refractivity contribution in [3.8, 4) is 18.1 Å². The lowest BCUT2D eigenvalue weighted by atomic mass is 10.2. The largest absolute Gasteiger partial charge is 0.495 e. The number of para-hydroxylation sites is 1. The van der Waals surface area contributed by atoms with Crippen LogP contribution in [0.1, 0.15) is 6.42 Å². The zero-order valence-corrected chi connectivity index (χ0v) is 14.7. The summed E-state index contributed by atoms with van der Waals surface area (Å²) in [4.78, 5) is 12.1. The van der Waals surface area contributed by atoms with E-state index in [2.05, 4.69) is 16.0 Å². The average Bonchev–Trinajstić information content (AvgIpc) is 2.56. The quantitative estimate of drug-likeness (QED) is 0.641. The first-order valence-corrected chi connectivity index (χ1v) is 9.69. The Morgan fingerprint density at radius 2 is 2.13 bits per heavy atom. The van der Waals surface area contributed by atoms with Crippen molar-refractivity contribution in [1.82, 2.24) is 10.0 Å². The maximum absolute atomic E-state index is 12.5. The van der Waals surface area contributed by atoms with Gasteiger partial charge in [-0.1, -0.05) is 18.1 Å². The number of carbonyl (C=O) groups excluding carboxylic acids is 1. The van der Waals surface area contributed by atoms with Gasteiger partial charge in [0.1, 0.15) is 16.7 Å². The van der Waals surface area contributed by atoms with Crippen molar-refractivity contribution in [3.63, 3.8) is 0 Å². The van der Waals surface area contributed by atoms with Crippen LogP contribution >= 0.6 is 11.8 Å². The third-order valence-electron chi connectivity index (χ3n) is 2.95. The maximum atomic E-state index is 12.5. The molecule has 0 heterocycles. The van der Waals surface area contributed by atoms with Crippen LogP contribution in [0, 0.1) is 12.3 Å². The Balaban J connectivity index is 3.00. The van der Waals surface area contributed by atoms with E-state index in [1.54, 1.807) is 18.2 Å². The van der Waals surface area contributed by atoms with Crippen LogP contribution in [0.2, 0.25) is 0 Å². The standard InChI is InChI=1S/C15H20N2O4S2/c1-4-10-16-15(18)12(9-11-22-3)17-23(19,20)14-8-6-5-7-13(14)21-2/h1,5-8,12,17H,9-11H2,2-3H3,(H,16,18). The van der Waals surface area contributed by atoms with E-state index in [4.69, 9.17) is 11.2 Å². The van der Waals surface area contributed by atoms with Crippen molar-refractivity contribution < 1.29 is 17.9 Å². The molecule has 0 saturated carbocycles. The van der Waals surface area contributed by atoms with Crippen LogP contribution in [0.4, 0.5) is 0 Å². The number of hydrogen-bond acceptors (Lipinski definition) is 5. The number of ether oxygens (including phenoxy) is 1. The molecule has 6 nitrogen and oxygen atoms in total. The van der Waals surface area contributed by atoms with E-state index in [0.717, 1.165) is 0 Å². The van der Waals surface area contributed by atoms with Crippen LogP contribution in [0.25, 0.3) is 0 Å². The van der Waals surface area contributed by atoms with Crippen molar-refractivity contribution in [1.29, 1.82) is 0 Å². The first-order valence-electron chi connectivity index (χ1n) is 6.81. The van der Waals surface area contributed by atoms with Crippen LogP contribution < -0.4 is 14.8 Å². The van der Waals surface area contributed by atoms with Gasteiger partial charge in [0.2, 0.25) is 15.9 Å². The van der Waals surface area contributed by atoms with Crippen LogP contribution in [0.5, 0.6) is 5.75 Å². The van der Waals surface area contributed by atoms with Crippen molar-refractivity contribution in [2.24, 2.45) is 0 Å². The SMILES string of the molecule is C#CCNC(=O)C(CCSC)NS(=O)(=O)c1ccccc1OC. The first kappa shape index (κ1) is 19.4. The van der Waals surface area contributed by atoms with E-state index in [-0.39, 0.29) is 17.2 Å². The highest BCUT2D eigenvalue weighted by Crippen LogP contribution is 2.23. The van der Waals surface area contributed by atoms with Crippen LogP contribution in [-0.4, -0.2) is 46.0 Å². The molecule has 0 aliphatic rings. The van der Waals surface area contributed by atoms with Crippen LogP contribution in [-0.2, 0) is 14.8 Å². The number of rotatable bonds is 9. The van der Waals surface area contributed by atoms with E-state index in [9.17, 15) is 13.2 Å². The summed E-state index contributed by atoms with van der Waals surface area (Å²) in [5.41, 5.74) is 0. The molecule has 0 fully saturated rings. The molecular weight excluding hydrogens is 336 g/mol. The predicted octanol–water partition coefficient (Wildman–Crippen LogP) is 0.845. The average molecular weight is 356 g/mol. The van der Waals surface area contributed by atoms with Gasteiger partial charge >= 0.3 is 0 Å². The summed E-state index contributed by atoms with van der Waals surface area (Å²) in [7, 11) is -2.51. The molecule has 0 saturated heterocycles. The van der Waals surface area contributed by atoms with E-state index in [1.165, 1.54) is 24.9 Å². The number of thioether (sulfide) groups is 1. The van der Waals surface area contributed by atoms with Crippen molar-refractivity contribution in [3.05, 3.63) is 24.3 Å². The van der Waals surface area contributed by atoms with Gasteiger partial charge in [0, 0.05) is 0 Å². The molecule has 8 heteroatoms. The molecule has 1 aromatic carbocycles. The highest BCUT2D eigenvalue weighted by atomic mass is 32.2. The van der Waals surface area contributed by atoms with Crippen molar-refractivity contribution >= 4 is 27.7 Å². The van der Waals surface area contributed by atoms with E-state index >= 15 is 0 Å². The Morgan fingerprint density at radius 3 is 2.74 bits per heavy atom. The third-order valence-corrected chi connectivity index (χ3v) is 5.10. The number of terminal acetylenes is 1. The molecule has 0 spiro atoms. The summed E-state index contributed by atoms with van der Waals surface area (Å²) in [6.07, 6.45) is 7.34. The highest BCUT2D eigenvalue weighted by Gasteiger charge is 2.27. The fraction of sp³-hybridized carbons (Fsp3) is 0.400. The van der Waals surface area contributed by atoms with E-state index in [1.807, 2.05) is 6.26 Å². The lowest BCUT2D eigenvalue weighted by Gasteiger charge is -2.18. The van der Waals surface area contributed by atoms with Crippen LogP contribution in [0.15, 0.2) is 29.2 Å². The normalized spacial score (nSPS) is 12.2. The summed E-state index contributed by atoms with van der Waals surface area (Å²) in [5, 5.41) is 2.50. The number of sulfonamides is 1. The lowest BCUT2D eigenvalue weighted by Crippen LogP contribution is -2.47. The van der Waals surface area contributed by atoms with Gasteiger partial charge < -0.3 is 10.1 Å². The maximum Gasteiger partial charge on any atom is 0.244 e. The molecule has 0 radical (unpaired) electrons. The van der Waals surface area contributed by atoms with Gasteiger partial charge in [-0.2, -0.15) is 16.5 Å². The van der Waals surface area contributed by atoms with Gasteiger partial charge in [-0.05, 0) is 30.6 Å². The molecule has 0 aliphatic carbocycles. The molecule has 1 amide bonds. The highest BCUT2D eigenvalue weighted by molar-refractivity contribution is 7.98. The van der Waals surface area contributed by atoms with E-state index < -0.39 is 22.0 Å². The van der Waals surface area contributed by atoms with Gasteiger partial charge in [-0.25, -0.2) is 8.42 Å². The minimum Gasteiger partial charge on any atom is -0.495 e. The molecule has 1 rings (SSSR count). The fourth-order valence-corrected chi connectivity index (χ4v) is 3.70. The molecule has 2 N–H and O–H groups in total. The Morgan fingerprint density at radius 1 is 1.43 bits per heavy atom. The molecule has 126 valence electrons. The number of nitrogens with one attached hydrogen (secondary N) is 2. The Bertz CT molecular complexity index is 668. The molecule has 0 bridgehead atoms. The van der Waals surface area contributed by atoms with Crippen molar-refractivity contribution in [2.45, 2.75) is 17.4 Å². The molecule has 0 aromatic heterocycles. The number of hydrogen-bond donors (Lipinski definition) is 2. The predicted molar refractivity (Wildman–Crippen MR) is 91.9 cm³/mol. The smallest absolute Gasteiger partial charge is 0.244 e. The lowest BCUT2D eigenvalue weighted by molar-refractivity contribution is -0.122. The number of methoxy groups -OCH3 is 1. The molecule has 0 aliphatic heterocycles. The van der Waals surface area contributed by atoms with Gasteiger partial charge in [0.05, 0.1) is 13.7 Å². The molecule has 1 atom stereocenters. The first-order chi connectivity index (χ1) is 11.0. The van der Waals surface area contributed by atoms with Gasteiger partial charge in [0.15, 0.2) is 0 Å². The molecule has 1 aromatic rings. The third kappa shape index (κ3) is 5.78. The van der Waals surface area contributed by atoms with Crippen molar-refractivity contribution in [2.75, 3.05) is 25.7 Å². The second-order valence-corrected chi connectivity index (χ2v) is 7.20. The Hall–Kier alpha value is -1.69. The zero-order valence-electron chi connectivity index (χ0n) is 13.0. The minimum absolute atomic E-state index is 0.0126. The topological polar surface area (TPSA) is 84.5 Å².